The van der Waals surface area contributed by atoms with Gasteiger partial charge in [-0.3, -0.25) is 0 Å². The molecule has 0 saturated carbocycles. The Balaban J connectivity index is 3.33. The number of hydrogen-bond acceptors (Lipinski definition) is 2. The first kappa shape index (κ1) is 9.16. The van der Waals surface area contributed by atoms with Crippen molar-refractivity contribution in [2.75, 3.05) is 0 Å². The molecule has 0 fully saturated rings. The molecule has 0 atom stereocenters. The monoisotopic (exact) mass is 172 g/mol. The Morgan fingerprint density at radius 3 is 2.08 bits per heavy atom. The Morgan fingerprint density at radius 1 is 1.17 bits per heavy atom. The van der Waals surface area contributed by atoms with Crippen LogP contribution in [0, 0.1) is 18.6 Å². The van der Waals surface area contributed by atoms with E-state index in [9.17, 15) is 8.78 Å². The molecule has 0 aliphatic carbocycles. The maximum Gasteiger partial charge on any atom is 0.491 e. The van der Waals surface area contributed by atoms with E-state index in [2.05, 4.69) is 0 Å². The lowest BCUT2D eigenvalue weighted by molar-refractivity contribution is 0.422. The third-order valence-electron chi connectivity index (χ3n) is 1.65. The maximum atomic E-state index is 12.8. The van der Waals surface area contributed by atoms with Gasteiger partial charge in [0.05, 0.1) is 0 Å². The minimum atomic E-state index is -1.97. The van der Waals surface area contributed by atoms with Gasteiger partial charge in [-0.05, 0) is 24.6 Å². The van der Waals surface area contributed by atoms with Gasteiger partial charge in [-0.25, -0.2) is 8.78 Å². The van der Waals surface area contributed by atoms with Crippen molar-refractivity contribution >= 4 is 12.6 Å². The van der Waals surface area contributed by atoms with Crippen LogP contribution in [0.4, 0.5) is 8.78 Å². The molecule has 1 aromatic carbocycles. The van der Waals surface area contributed by atoms with Crippen LogP contribution in [0.1, 0.15) is 5.56 Å². The molecule has 0 heterocycles. The minimum Gasteiger partial charge on any atom is -0.423 e. The van der Waals surface area contributed by atoms with Crippen molar-refractivity contribution in [1.29, 1.82) is 0 Å². The lowest BCUT2D eigenvalue weighted by Gasteiger charge is -2.05. The lowest BCUT2D eigenvalue weighted by atomic mass is 9.77. The molecule has 0 amide bonds. The first-order valence-electron chi connectivity index (χ1n) is 3.34. The number of benzene rings is 1. The molecular formula is C7H7BF2O2. The molecule has 5 heteroatoms. The molecule has 2 nitrogen and oxygen atoms in total. The lowest BCUT2D eigenvalue weighted by Crippen LogP contribution is -2.35. The highest BCUT2D eigenvalue weighted by molar-refractivity contribution is 6.59. The van der Waals surface area contributed by atoms with Crippen molar-refractivity contribution in [2.24, 2.45) is 0 Å². The third kappa shape index (κ3) is 1.46. The Labute approximate surface area is 68.6 Å². The summed E-state index contributed by atoms with van der Waals surface area (Å²) in [6.07, 6.45) is 0. The third-order valence-corrected chi connectivity index (χ3v) is 1.65. The van der Waals surface area contributed by atoms with Crippen LogP contribution >= 0.6 is 0 Å². The van der Waals surface area contributed by atoms with Crippen LogP contribution in [0.2, 0.25) is 0 Å². The first-order chi connectivity index (χ1) is 5.54. The van der Waals surface area contributed by atoms with Crippen molar-refractivity contribution in [1.82, 2.24) is 0 Å². The average molecular weight is 172 g/mol. The fraction of sp³-hybridized carbons (Fsp3) is 0.143. The quantitative estimate of drug-likeness (QED) is 0.583. The van der Waals surface area contributed by atoms with Gasteiger partial charge in [0.25, 0.3) is 0 Å². The Kier molecular flexibility index (Phi) is 2.44. The van der Waals surface area contributed by atoms with E-state index in [1.165, 1.54) is 6.92 Å². The molecular weight excluding hydrogens is 165 g/mol. The molecule has 64 valence electrons. The fourth-order valence-electron chi connectivity index (χ4n) is 0.986. The van der Waals surface area contributed by atoms with Gasteiger partial charge in [0, 0.05) is 5.46 Å². The van der Waals surface area contributed by atoms with E-state index in [1.807, 2.05) is 0 Å². The Hall–Kier alpha value is -0.935. The van der Waals surface area contributed by atoms with Crippen LogP contribution in [0.25, 0.3) is 0 Å². The van der Waals surface area contributed by atoms with E-state index >= 15 is 0 Å². The summed E-state index contributed by atoms with van der Waals surface area (Å²) in [5.74, 6) is -1.47. The predicted molar refractivity (Wildman–Crippen MR) is 40.9 cm³/mol. The summed E-state index contributed by atoms with van der Waals surface area (Å²) in [4.78, 5) is 0. The summed E-state index contributed by atoms with van der Waals surface area (Å²) in [5.41, 5.74) is -0.486. The van der Waals surface area contributed by atoms with E-state index in [1.54, 1.807) is 0 Å². The summed E-state index contributed by atoms with van der Waals surface area (Å²) < 4.78 is 25.5. The zero-order chi connectivity index (χ0) is 9.30. The molecule has 0 unspecified atom stereocenters. The molecule has 12 heavy (non-hydrogen) atoms. The van der Waals surface area contributed by atoms with Gasteiger partial charge in [-0.1, -0.05) is 0 Å². The molecule has 1 aromatic rings. The smallest absolute Gasteiger partial charge is 0.423 e. The van der Waals surface area contributed by atoms with E-state index in [0.717, 1.165) is 12.1 Å². The van der Waals surface area contributed by atoms with Gasteiger partial charge < -0.3 is 10.0 Å². The Morgan fingerprint density at radius 2 is 1.67 bits per heavy atom. The van der Waals surface area contributed by atoms with Crippen LogP contribution in [0.3, 0.4) is 0 Å². The second-order valence-corrected chi connectivity index (χ2v) is 2.44. The maximum absolute atomic E-state index is 12.8. The van der Waals surface area contributed by atoms with Gasteiger partial charge in [0.1, 0.15) is 11.6 Å². The van der Waals surface area contributed by atoms with Gasteiger partial charge in [0.15, 0.2) is 0 Å². The van der Waals surface area contributed by atoms with Crippen LogP contribution in [-0.4, -0.2) is 17.2 Å². The summed E-state index contributed by atoms with van der Waals surface area (Å²) in [6.45, 7) is 1.28. The standard InChI is InChI=1S/C7H7BF2O2/c1-4-5(9)2-3-6(10)7(4)8(11)12/h2-3,11-12H,1H3. The summed E-state index contributed by atoms with van der Waals surface area (Å²) >= 11 is 0. The van der Waals surface area contributed by atoms with Crippen LogP contribution in [0.15, 0.2) is 12.1 Å². The van der Waals surface area contributed by atoms with Crippen LogP contribution in [-0.2, 0) is 0 Å². The van der Waals surface area contributed by atoms with Gasteiger partial charge in [-0.15, -0.1) is 0 Å². The molecule has 0 radical (unpaired) electrons. The normalized spacial score (nSPS) is 10.1. The van der Waals surface area contributed by atoms with E-state index in [0.29, 0.717) is 0 Å². The summed E-state index contributed by atoms with van der Waals surface area (Å²) in [7, 11) is -1.97. The van der Waals surface area contributed by atoms with Crippen LogP contribution in [0.5, 0.6) is 0 Å². The van der Waals surface area contributed by atoms with Crippen molar-refractivity contribution < 1.29 is 18.8 Å². The van der Waals surface area contributed by atoms with Gasteiger partial charge >= 0.3 is 7.12 Å². The Bertz CT molecular complexity index is 302. The number of halogens is 2. The molecule has 0 aliphatic rings. The second kappa shape index (κ2) is 3.20. The second-order valence-electron chi connectivity index (χ2n) is 2.44. The van der Waals surface area contributed by atoms with Crippen molar-refractivity contribution in [3.05, 3.63) is 29.3 Å². The highest BCUT2D eigenvalue weighted by atomic mass is 19.1. The predicted octanol–water partition coefficient (Wildman–Crippen LogP) is -0.0470. The molecule has 0 saturated heterocycles. The zero-order valence-corrected chi connectivity index (χ0v) is 6.38. The number of rotatable bonds is 1. The highest BCUT2D eigenvalue weighted by Crippen LogP contribution is 2.05. The van der Waals surface area contributed by atoms with Crippen molar-refractivity contribution in [3.63, 3.8) is 0 Å². The number of hydrogen-bond donors (Lipinski definition) is 2. The molecule has 0 bridgehead atoms. The largest absolute Gasteiger partial charge is 0.491 e. The fourth-order valence-corrected chi connectivity index (χ4v) is 0.986. The average Bonchev–Trinajstić information content (AvgIpc) is 1.97. The van der Waals surface area contributed by atoms with E-state index in [-0.39, 0.29) is 5.56 Å². The molecule has 1 rings (SSSR count). The first-order valence-corrected chi connectivity index (χ1v) is 3.34. The SMILES string of the molecule is Cc1c(F)ccc(F)c1B(O)O. The van der Waals surface area contributed by atoms with E-state index < -0.39 is 24.2 Å². The molecule has 0 aromatic heterocycles. The molecule has 2 N–H and O–H groups in total. The van der Waals surface area contributed by atoms with E-state index in [4.69, 9.17) is 10.0 Å². The van der Waals surface area contributed by atoms with Gasteiger partial charge in [0.2, 0.25) is 0 Å². The highest BCUT2D eigenvalue weighted by Gasteiger charge is 2.20. The molecule has 0 spiro atoms. The zero-order valence-electron chi connectivity index (χ0n) is 6.38. The van der Waals surface area contributed by atoms with Crippen molar-refractivity contribution in [2.45, 2.75) is 6.92 Å². The van der Waals surface area contributed by atoms with Crippen LogP contribution < -0.4 is 5.46 Å². The summed E-state index contributed by atoms with van der Waals surface area (Å²) in [5, 5.41) is 17.3. The van der Waals surface area contributed by atoms with Crippen molar-refractivity contribution in [3.8, 4) is 0 Å². The molecule has 0 aliphatic heterocycles. The minimum absolute atomic E-state index is 0.0787. The van der Waals surface area contributed by atoms with Gasteiger partial charge in [-0.2, -0.15) is 0 Å². The topological polar surface area (TPSA) is 40.5 Å². The summed E-state index contributed by atoms with van der Waals surface area (Å²) in [6, 6.07) is 1.80.